The second-order valence-corrected chi connectivity index (χ2v) is 5.25. The molecule has 2 N–H and O–H groups in total. The van der Waals surface area contributed by atoms with Crippen LogP contribution in [0.15, 0.2) is 48.5 Å². The Kier molecular flexibility index (Phi) is 5.78. The third-order valence-corrected chi connectivity index (χ3v) is 3.43. The van der Waals surface area contributed by atoms with E-state index < -0.39 is 5.91 Å². The van der Waals surface area contributed by atoms with E-state index in [1.807, 2.05) is 24.3 Å². The fraction of sp³-hybridized carbons (Fsp3) is 0.222. The maximum atomic E-state index is 12.5. The van der Waals surface area contributed by atoms with Crippen molar-refractivity contribution in [3.63, 3.8) is 0 Å². The van der Waals surface area contributed by atoms with Crippen LogP contribution in [0.2, 0.25) is 0 Å². The molecule has 2 aromatic rings. The van der Waals surface area contributed by atoms with Crippen LogP contribution in [0.25, 0.3) is 0 Å². The van der Waals surface area contributed by atoms with E-state index in [-0.39, 0.29) is 12.5 Å². The van der Waals surface area contributed by atoms with Gasteiger partial charge in [0.2, 0.25) is 0 Å². The Bertz CT molecular complexity index is 713. The van der Waals surface area contributed by atoms with Crippen molar-refractivity contribution >= 4 is 11.8 Å². The summed E-state index contributed by atoms with van der Waals surface area (Å²) in [4.78, 5) is 24.8. The Morgan fingerprint density at radius 1 is 1.08 bits per heavy atom. The molecule has 0 aliphatic heterocycles. The third-order valence-electron chi connectivity index (χ3n) is 3.43. The minimum absolute atomic E-state index is 0.123. The number of rotatable bonds is 7. The van der Waals surface area contributed by atoms with Crippen molar-refractivity contribution in [2.24, 2.45) is 5.73 Å². The number of carbonyl (C=O) groups excluding carboxylic acids is 2. The zero-order valence-corrected chi connectivity index (χ0v) is 13.7. The summed E-state index contributed by atoms with van der Waals surface area (Å²) in [5.74, 6) is 0.555. The number of benzene rings is 2. The number of para-hydroxylation sites is 1. The minimum Gasteiger partial charge on any atom is -0.496 e. The van der Waals surface area contributed by atoms with Gasteiger partial charge in [0.15, 0.2) is 6.61 Å². The highest BCUT2D eigenvalue weighted by Crippen LogP contribution is 2.20. The average Bonchev–Trinajstić information content (AvgIpc) is 2.60. The molecule has 0 aliphatic carbocycles. The quantitative estimate of drug-likeness (QED) is 0.841. The first kappa shape index (κ1) is 17.3. The SMILES string of the molecule is COc1ccccc1CN(C)C(=O)c1ccc(OCC(N)=O)cc1. The van der Waals surface area contributed by atoms with Gasteiger partial charge in [0.25, 0.3) is 11.8 Å². The van der Waals surface area contributed by atoms with Crippen molar-refractivity contribution in [1.82, 2.24) is 4.90 Å². The van der Waals surface area contributed by atoms with E-state index in [1.54, 1.807) is 43.3 Å². The van der Waals surface area contributed by atoms with Gasteiger partial charge in [-0.15, -0.1) is 0 Å². The normalized spacial score (nSPS) is 10.1. The molecular formula is C18H20N2O4. The van der Waals surface area contributed by atoms with Crippen molar-refractivity contribution in [2.45, 2.75) is 6.54 Å². The lowest BCUT2D eigenvalue weighted by molar-refractivity contribution is -0.119. The van der Waals surface area contributed by atoms with E-state index >= 15 is 0 Å². The standard InChI is InChI=1S/C18H20N2O4/c1-20(11-14-5-3-4-6-16(14)23-2)18(22)13-7-9-15(10-8-13)24-12-17(19)21/h3-10H,11-12H2,1-2H3,(H2,19,21). The van der Waals surface area contributed by atoms with Crippen LogP contribution in [0.3, 0.4) is 0 Å². The van der Waals surface area contributed by atoms with Crippen molar-refractivity contribution in [1.29, 1.82) is 0 Å². The van der Waals surface area contributed by atoms with Crippen LogP contribution < -0.4 is 15.2 Å². The molecule has 126 valence electrons. The van der Waals surface area contributed by atoms with Gasteiger partial charge in [-0.2, -0.15) is 0 Å². The molecule has 0 radical (unpaired) electrons. The number of primary amides is 1. The van der Waals surface area contributed by atoms with E-state index in [1.165, 1.54) is 0 Å². The number of amides is 2. The lowest BCUT2D eigenvalue weighted by Gasteiger charge is -2.19. The molecule has 0 aromatic heterocycles. The molecule has 2 rings (SSSR count). The van der Waals surface area contributed by atoms with Crippen LogP contribution >= 0.6 is 0 Å². The Morgan fingerprint density at radius 2 is 1.75 bits per heavy atom. The molecule has 0 fully saturated rings. The Hall–Kier alpha value is -3.02. The van der Waals surface area contributed by atoms with Crippen LogP contribution in [0, 0.1) is 0 Å². The van der Waals surface area contributed by atoms with Gasteiger partial charge < -0.3 is 20.1 Å². The van der Waals surface area contributed by atoms with Crippen LogP contribution in [0.4, 0.5) is 0 Å². The zero-order valence-electron chi connectivity index (χ0n) is 13.7. The highest BCUT2D eigenvalue weighted by molar-refractivity contribution is 5.94. The molecule has 0 saturated heterocycles. The molecular weight excluding hydrogens is 308 g/mol. The zero-order chi connectivity index (χ0) is 17.5. The summed E-state index contributed by atoms with van der Waals surface area (Å²) in [6.45, 7) is 0.240. The molecule has 0 aliphatic rings. The summed E-state index contributed by atoms with van der Waals surface area (Å²) in [5, 5.41) is 0. The van der Waals surface area contributed by atoms with Crippen molar-refractivity contribution in [2.75, 3.05) is 20.8 Å². The number of methoxy groups -OCH3 is 1. The van der Waals surface area contributed by atoms with Crippen molar-refractivity contribution in [3.05, 3.63) is 59.7 Å². The summed E-state index contributed by atoms with van der Waals surface area (Å²) < 4.78 is 10.5. The second kappa shape index (κ2) is 8.01. The molecule has 6 heteroatoms. The van der Waals surface area contributed by atoms with E-state index in [0.29, 0.717) is 17.9 Å². The first-order valence-electron chi connectivity index (χ1n) is 7.39. The average molecular weight is 328 g/mol. The monoisotopic (exact) mass is 328 g/mol. The van der Waals surface area contributed by atoms with E-state index in [2.05, 4.69) is 0 Å². The van der Waals surface area contributed by atoms with Crippen LogP contribution in [-0.2, 0) is 11.3 Å². The summed E-state index contributed by atoms with van der Waals surface area (Å²) in [6, 6.07) is 14.1. The van der Waals surface area contributed by atoms with Crippen LogP contribution in [-0.4, -0.2) is 37.5 Å². The predicted molar refractivity (Wildman–Crippen MR) is 89.9 cm³/mol. The van der Waals surface area contributed by atoms with Crippen LogP contribution in [0.5, 0.6) is 11.5 Å². The van der Waals surface area contributed by atoms with E-state index in [4.69, 9.17) is 15.2 Å². The predicted octanol–water partition coefficient (Wildman–Crippen LogP) is 1.83. The summed E-state index contributed by atoms with van der Waals surface area (Å²) in [6.07, 6.45) is 0. The fourth-order valence-corrected chi connectivity index (χ4v) is 2.23. The first-order valence-corrected chi connectivity index (χ1v) is 7.39. The van der Waals surface area contributed by atoms with E-state index in [9.17, 15) is 9.59 Å². The molecule has 0 atom stereocenters. The van der Waals surface area contributed by atoms with Crippen LogP contribution in [0.1, 0.15) is 15.9 Å². The minimum atomic E-state index is -0.549. The van der Waals surface area contributed by atoms with Gasteiger partial charge in [-0.05, 0) is 30.3 Å². The number of nitrogens with zero attached hydrogens (tertiary/aromatic N) is 1. The number of hydrogen-bond acceptors (Lipinski definition) is 4. The Morgan fingerprint density at radius 3 is 2.38 bits per heavy atom. The van der Waals surface area contributed by atoms with Crippen molar-refractivity contribution < 1.29 is 19.1 Å². The van der Waals surface area contributed by atoms with Gasteiger partial charge in [0, 0.05) is 24.7 Å². The van der Waals surface area contributed by atoms with Gasteiger partial charge in [0.05, 0.1) is 7.11 Å². The summed E-state index contributed by atoms with van der Waals surface area (Å²) in [5.41, 5.74) is 6.47. The van der Waals surface area contributed by atoms with Crippen molar-refractivity contribution in [3.8, 4) is 11.5 Å². The number of nitrogens with two attached hydrogens (primary N) is 1. The molecule has 2 aromatic carbocycles. The second-order valence-electron chi connectivity index (χ2n) is 5.25. The fourth-order valence-electron chi connectivity index (χ4n) is 2.23. The topological polar surface area (TPSA) is 81.9 Å². The maximum absolute atomic E-state index is 12.5. The maximum Gasteiger partial charge on any atom is 0.255 e. The number of ether oxygens (including phenoxy) is 2. The molecule has 6 nitrogen and oxygen atoms in total. The molecule has 0 unspecified atom stereocenters. The van der Waals surface area contributed by atoms with Gasteiger partial charge in [-0.3, -0.25) is 9.59 Å². The Balaban J connectivity index is 2.03. The number of carbonyl (C=O) groups is 2. The smallest absolute Gasteiger partial charge is 0.255 e. The largest absolute Gasteiger partial charge is 0.496 e. The summed E-state index contributed by atoms with van der Waals surface area (Å²) in [7, 11) is 3.33. The molecule has 24 heavy (non-hydrogen) atoms. The van der Waals surface area contributed by atoms with Gasteiger partial charge in [-0.25, -0.2) is 0 Å². The molecule has 0 heterocycles. The summed E-state index contributed by atoms with van der Waals surface area (Å²) >= 11 is 0. The first-order chi connectivity index (χ1) is 11.5. The number of hydrogen-bond donors (Lipinski definition) is 1. The van der Waals surface area contributed by atoms with Gasteiger partial charge in [0.1, 0.15) is 11.5 Å². The molecule has 0 saturated carbocycles. The highest BCUT2D eigenvalue weighted by Gasteiger charge is 2.14. The Labute approximate surface area is 140 Å². The van der Waals surface area contributed by atoms with Gasteiger partial charge in [-0.1, -0.05) is 18.2 Å². The molecule has 0 bridgehead atoms. The van der Waals surface area contributed by atoms with E-state index in [0.717, 1.165) is 11.3 Å². The lowest BCUT2D eigenvalue weighted by atomic mass is 10.1. The van der Waals surface area contributed by atoms with Gasteiger partial charge >= 0.3 is 0 Å². The third kappa shape index (κ3) is 4.49. The molecule has 0 spiro atoms. The lowest BCUT2D eigenvalue weighted by Crippen LogP contribution is -2.26. The highest BCUT2D eigenvalue weighted by atomic mass is 16.5. The molecule has 2 amide bonds.